The average molecular weight is 445 g/mol. The number of hydrogen-bond donors (Lipinski definition) is 1. The first-order valence-corrected chi connectivity index (χ1v) is 11.8. The molecular formula is C29H24N4O. The molecule has 1 N–H and O–H groups in total. The van der Waals surface area contributed by atoms with Gasteiger partial charge in [0.05, 0.1) is 18.3 Å². The smallest absolute Gasteiger partial charge is 0.129 e. The molecule has 5 heterocycles. The van der Waals surface area contributed by atoms with Crippen molar-refractivity contribution in [1.29, 1.82) is 0 Å². The van der Waals surface area contributed by atoms with Gasteiger partial charge >= 0.3 is 0 Å². The highest BCUT2D eigenvalue weighted by atomic mass is 16.5. The molecule has 2 aromatic carbocycles. The normalized spacial score (nSPS) is 16.8. The summed E-state index contributed by atoms with van der Waals surface area (Å²) in [6.45, 7) is 1.67. The predicted molar refractivity (Wildman–Crippen MR) is 134 cm³/mol. The summed E-state index contributed by atoms with van der Waals surface area (Å²) >= 11 is 0. The van der Waals surface area contributed by atoms with Crippen molar-refractivity contribution < 1.29 is 4.74 Å². The Kier molecular flexibility index (Phi) is 4.40. The molecule has 7 rings (SSSR count). The quantitative estimate of drug-likeness (QED) is 0.387. The van der Waals surface area contributed by atoms with Crippen LogP contribution in [0, 0.1) is 0 Å². The van der Waals surface area contributed by atoms with Crippen LogP contribution in [0.4, 0.5) is 5.82 Å². The van der Waals surface area contributed by atoms with Gasteiger partial charge in [-0.3, -0.25) is 4.98 Å². The molecule has 34 heavy (non-hydrogen) atoms. The Balaban J connectivity index is 1.35. The Hall–Kier alpha value is -4.12. The van der Waals surface area contributed by atoms with E-state index >= 15 is 0 Å². The number of nitrogens with one attached hydrogen (secondary N) is 1. The maximum Gasteiger partial charge on any atom is 0.129 e. The summed E-state index contributed by atoms with van der Waals surface area (Å²) in [5.74, 6) is 1.99. The summed E-state index contributed by atoms with van der Waals surface area (Å²) in [5, 5.41) is 1.32. The first-order chi connectivity index (χ1) is 16.8. The van der Waals surface area contributed by atoms with E-state index in [0.29, 0.717) is 0 Å². The number of pyridine rings is 2. The van der Waals surface area contributed by atoms with Crippen LogP contribution in [-0.2, 0) is 12.8 Å². The van der Waals surface area contributed by atoms with Gasteiger partial charge in [0.2, 0.25) is 0 Å². The van der Waals surface area contributed by atoms with E-state index in [1.54, 1.807) is 0 Å². The van der Waals surface area contributed by atoms with E-state index in [0.717, 1.165) is 48.8 Å². The fourth-order valence-corrected chi connectivity index (χ4v) is 5.45. The second kappa shape index (κ2) is 7.73. The largest absolute Gasteiger partial charge is 0.493 e. The van der Waals surface area contributed by atoms with E-state index in [1.807, 2.05) is 30.6 Å². The Morgan fingerprint density at radius 1 is 0.912 bits per heavy atom. The molecule has 2 aliphatic rings. The van der Waals surface area contributed by atoms with Crippen LogP contribution in [0.2, 0.25) is 0 Å². The monoisotopic (exact) mass is 444 g/mol. The number of aromatic nitrogens is 3. The zero-order valence-corrected chi connectivity index (χ0v) is 18.7. The molecule has 0 bridgehead atoms. The summed E-state index contributed by atoms with van der Waals surface area (Å²) in [5.41, 5.74) is 8.40. The van der Waals surface area contributed by atoms with Gasteiger partial charge in [-0.1, -0.05) is 30.3 Å². The van der Waals surface area contributed by atoms with Gasteiger partial charge in [-0.15, -0.1) is 0 Å². The topological polar surface area (TPSA) is 54.0 Å². The molecule has 5 heteroatoms. The third kappa shape index (κ3) is 3.08. The van der Waals surface area contributed by atoms with Crippen LogP contribution in [0.1, 0.15) is 28.4 Å². The summed E-state index contributed by atoms with van der Waals surface area (Å²) in [6.07, 6.45) is 5.70. The Bertz CT molecular complexity index is 1490. The number of anilines is 1. The lowest BCUT2D eigenvalue weighted by Gasteiger charge is -2.37. The molecule has 0 saturated carbocycles. The van der Waals surface area contributed by atoms with Gasteiger partial charge in [-0.2, -0.15) is 0 Å². The van der Waals surface area contributed by atoms with Crippen LogP contribution >= 0.6 is 0 Å². The molecule has 0 aliphatic carbocycles. The van der Waals surface area contributed by atoms with E-state index in [9.17, 15) is 0 Å². The molecule has 0 saturated heterocycles. The van der Waals surface area contributed by atoms with Gasteiger partial charge in [-0.05, 0) is 65.6 Å². The first-order valence-electron chi connectivity index (χ1n) is 11.8. The van der Waals surface area contributed by atoms with Crippen molar-refractivity contribution >= 4 is 16.7 Å². The fraction of sp³-hybridized carbons (Fsp3) is 0.172. The molecule has 0 spiro atoms. The number of aromatic amines is 1. The summed E-state index contributed by atoms with van der Waals surface area (Å²) in [7, 11) is 0. The Morgan fingerprint density at radius 3 is 2.74 bits per heavy atom. The third-order valence-electron chi connectivity index (χ3n) is 7.07. The highest BCUT2D eigenvalue weighted by molar-refractivity contribution is 5.86. The minimum atomic E-state index is 0.0650. The highest BCUT2D eigenvalue weighted by Gasteiger charge is 2.33. The number of benzene rings is 2. The van der Waals surface area contributed by atoms with Crippen molar-refractivity contribution in [2.45, 2.75) is 18.9 Å². The molecule has 3 aromatic heterocycles. The lowest BCUT2D eigenvalue weighted by atomic mass is 9.91. The first kappa shape index (κ1) is 19.4. The number of ether oxygens (including phenoxy) is 1. The molecule has 1 atom stereocenters. The number of para-hydroxylation sites is 1. The van der Waals surface area contributed by atoms with E-state index in [-0.39, 0.29) is 6.04 Å². The number of H-pyrrole nitrogens is 1. The van der Waals surface area contributed by atoms with E-state index < -0.39 is 0 Å². The van der Waals surface area contributed by atoms with Gasteiger partial charge in [-0.25, -0.2) is 4.98 Å². The maximum absolute atomic E-state index is 5.79. The van der Waals surface area contributed by atoms with Gasteiger partial charge < -0.3 is 14.6 Å². The molecular weight excluding hydrogens is 420 g/mol. The van der Waals surface area contributed by atoms with Crippen molar-refractivity contribution in [2.24, 2.45) is 0 Å². The number of fused-ring (bicyclic) bond motifs is 4. The van der Waals surface area contributed by atoms with Gasteiger partial charge in [0.1, 0.15) is 11.6 Å². The molecule has 5 nitrogen and oxygen atoms in total. The van der Waals surface area contributed by atoms with Crippen molar-refractivity contribution in [3.63, 3.8) is 0 Å². The summed E-state index contributed by atoms with van der Waals surface area (Å²) < 4.78 is 5.79. The standard InChI is InChI=1S/C29H24N4O/c1-2-7-25-22(5-1)23-12-15-33(27-11-9-21(18-31-27)24-6-3-4-14-30-24)29(28(23)32-25)20-8-10-26-19(17-20)13-16-34-26/h1-11,14,17-18,29,32H,12-13,15-16H2. The van der Waals surface area contributed by atoms with Crippen molar-refractivity contribution in [3.05, 3.63) is 108 Å². The van der Waals surface area contributed by atoms with Crippen LogP contribution in [0.5, 0.6) is 5.75 Å². The SMILES string of the molecule is c1ccc(-c2ccc(N3CCc4c([nH]c5ccccc45)C3c3ccc4c(c3)CCO4)nc2)nc1. The molecule has 5 aromatic rings. The Labute approximate surface area is 198 Å². The zero-order valence-electron chi connectivity index (χ0n) is 18.7. The summed E-state index contributed by atoms with van der Waals surface area (Å²) in [4.78, 5) is 15.6. The van der Waals surface area contributed by atoms with E-state index in [1.165, 1.54) is 33.3 Å². The second-order valence-electron chi connectivity index (χ2n) is 8.99. The van der Waals surface area contributed by atoms with Crippen LogP contribution in [0.15, 0.2) is 85.2 Å². The molecule has 0 amide bonds. The van der Waals surface area contributed by atoms with Crippen molar-refractivity contribution in [1.82, 2.24) is 15.0 Å². The van der Waals surface area contributed by atoms with Crippen molar-refractivity contribution in [3.8, 4) is 17.0 Å². The van der Waals surface area contributed by atoms with Gasteiger partial charge in [0.15, 0.2) is 0 Å². The van der Waals surface area contributed by atoms with Gasteiger partial charge in [0, 0.05) is 47.5 Å². The van der Waals surface area contributed by atoms with Crippen LogP contribution in [0.25, 0.3) is 22.2 Å². The average Bonchev–Trinajstić information content (AvgIpc) is 3.53. The van der Waals surface area contributed by atoms with E-state index in [2.05, 4.69) is 69.5 Å². The van der Waals surface area contributed by atoms with E-state index in [4.69, 9.17) is 9.72 Å². The fourth-order valence-electron chi connectivity index (χ4n) is 5.45. The van der Waals surface area contributed by atoms with Crippen LogP contribution in [0.3, 0.4) is 0 Å². The van der Waals surface area contributed by atoms with Crippen LogP contribution < -0.4 is 9.64 Å². The minimum absolute atomic E-state index is 0.0650. The predicted octanol–water partition coefficient (Wildman–Crippen LogP) is 5.71. The molecule has 166 valence electrons. The van der Waals surface area contributed by atoms with Gasteiger partial charge in [0.25, 0.3) is 0 Å². The molecule has 0 radical (unpaired) electrons. The van der Waals surface area contributed by atoms with Crippen molar-refractivity contribution in [2.75, 3.05) is 18.1 Å². The number of rotatable bonds is 3. The summed E-state index contributed by atoms with van der Waals surface area (Å²) in [6, 6.07) is 25.6. The molecule has 1 unspecified atom stereocenters. The third-order valence-corrected chi connectivity index (χ3v) is 7.07. The lowest BCUT2D eigenvalue weighted by molar-refractivity contribution is 0.357. The number of nitrogens with zero attached hydrogens (tertiary/aromatic N) is 3. The number of hydrogen-bond acceptors (Lipinski definition) is 4. The lowest BCUT2D eigenvalue weighted by Crippen LogP contribution is -2.36. The Morgan fingerprint density at radius 2 is 1.85 bits per heavy atom. The minimum Gasteiger partial charge on any atom is -0.493 e. The molecule has 2 aliphatic heterocycles. The molecule has 0 fully saturated rings. The highest BCUT2D eigenvalue weighted by Crippen LogP contribution is 2.41. The maximum atomic E-state index is 5.79. The second-order valence-corrected chi connectivity index (χ2v) is 8.99. The van der Waals surface area contributed by atoms with Crippen LogP contribution in [-0.4, -0.2) is 28.1 Å². The zero-order chi connectivity index (χ0) is 22.5.